The van der Waals surface area contributed by atoms with Crippen molar-refractivity contribution >= 4 is 17.7 Å². The van der Waals surface area contributed by atoms with Gasteiger partial charge in [0, 0.05) is 30.2 Å². The van der Waals surface area contributed by atoms with Crippen LogP contribution in [0.15, 0.2) is 12.4 Å². The number of nitrogens with one attached hydrogen (secondary N) is 1. The van der Waals surface area contributed by atoms with Crippen molar-refractivity contribution in [1.29, 1.82) is 0 Å². The highest BCUT2D eigenvalue weighted by Crippen LogP contribution is 2.39. The number of nitrogens with zero attached hydrogens (tertiary/aromatic N) is 2. The van der Waals surface area contributed by atoms with Gasteiger partial charge in [0.05, 0.1) is 0 Å². The minimum atomic E-state index is 0.398. The fourth-order valence-corrected chi connectivity index (χ4v) is 3.52. The Morgan fingerprint density at radius 1 is 1.59 bits per heavy atom. The topological polar surface area (TPSA) is 29.9 Å². The number of imidazole rings is 1. The molecule has 1 aromatic heterocycles. The Hall–Kier alpha value is -0.640. The highest BCUT2D eigenvalue weighted by atomic mass is 32.2. The average Bonchev–Trinajstić information content (AvgIpc) is 2.85. The molecule has 0 aliphatic carbocycles. The van der Waals surface area contributed by atoms with Crippen LogP contribution in [0.4, 0.5) is 5.95 Å². The van der Waals surface area contributed by atoms with Crippen LogP contribution < -0.4 is 5.32 Å². The van der Waals surface area contributed by atoms with Gasteiger partial charge >= 0.3 is 0 Å². The maximum Gasteiger partial charge on any atom is 0.202 e. The van der Waals surface area contributed by atoms with Crippen LogP contribution in [-0.4, -0.2) is 26.6 Å². The van der Waals surface area contributed by atoms with Gasteiger partial charge in [-0.05, 0) is 31.4 Å². The number of anilines is 1. The van der Waals surface area contributed by atoms with Gasteiger partial charge in [-0.2, -0.15) is 11.8 Å². The summed E-state index contributed by atoms with van der Waals surface area (Å²) in [5, 5.41) is 3.43. The molecule has 4 heteroatoms. The van der Waals surface area contributed by atoms with Crippen molar-refractivity contribution in [2.75, 3.05) is 17.6 Å². The second-order valence-electron chi connectivity index (χ2n) is 5.56. The number of rotatable bonds is 5. The summed E-state index contributed by atoms with van der Waals surface area (Å²) >= 11 is 2.10. The molecule has 96 valence electrons. The van der Waals surface area contributed by atoms with Crippen LogP contribution in [0.2, 0.25) is 0 Å². The standard InChI is InChI=1S/C13H23N3S/c1-11(2)9-15-12-14-6-7-16(12)10-13(3)5-4-8-17-13/h6-7,11H,4-5,8-10H2,1-3H3,(H,14,15). The smallest absolute Gasteiger partial charge is 0.202 e. The maximum atomic E-state index is 4.40. The Bertz CT molecular complexity index is 353. The second-order valence-corrected chi connectivity index (χ2v) is 7.24. The summed E-state index contributed by atoms with van der Waals surface area (Å²) in [4.78, 5) is 4.40. The van der Waals surface area contributed by atoms with Crippen molar-refractivity contribution in [3.63, 3.8) is 0 Å². The minimum absolute atomic E-state index is 0.398. The van der Waals surface area contributed by atoms with E-state index < -0.39 is 0 Å². The molecule has 0 aromatic carbocycles. The van der Waals surface area contributed by atoms with Crippen molar-refractivity contribution in [3.05, 3.63) is 12.4 Å². The van der Waals surface area contributed by atoms with E-state index in [1.165, 1.54) is 18.6 Å². The van der Waals surface area contributed by atoms with Crippen molar-refractivity contribution in [1.82, 2.24) is 9.55 Å². The van der Waals surface area contributed by atoms with Gasteiger partial charge < -0.3 is 9.88 Å². The first-order valence-corrected chi connectivity index (χ1v) is 7.47. The molecule has 1 N–H and O–H groups in total. The third-order valence-electron chi connectivity index (χ3n) is 3.19. The number of hydrogen-bond acceptors (Lipinski definition) is 3. The third-order valence-corrected chi connectivity index (χ3v) is 4.71. The van der Waals surface area contributed by atoms with Gasteiger partial charge in [0.2, 0.25) is 5.95 Å². The molecule has 1 aliphatic heterocycles. The molecule has 2 heterocycles. The van der Waals surface area contributed by atoms with Crippen LogP contribution >= 0.6 is 11.8 Å². The molecule has 0 spiro atoms. The first kappa shape index (κ1) is 12.8. The molecule has 0 bridgehead atoms. The molecule has 1 saturated heterocycles. The van der Waals surface area contributed by atoms with Crippen LogP contribution in [0.3, 0.4) is 0 Å². The van der Waals surface area contributed by atoms with E-state index in [0.29, 0.717) is 10.7 Å². The van der Waals surface area contributed by atoms with E-state index >= 15 is 0 Å². The molecule has 2 rings (SSSR count). The molecule has 1 atom stereocenters. The predicted octanol–water partition coefficient (Wildman–Crippen LogP) is 3.24. The molecule has 0 saturated carbocycles. The summed E-state index contributed by atoms with van der Waals surface area (Å²) in [7, 11) is 0. The Morgan fingerprint density at radius 3 is 3.06 bits per heavy atom. The van der Waals surface area contributed by atoms with E-state index in [4.69, 9.17) is 0 Å². The van der Waals surface area contributed by atoms with E-state index in [2.05, 4.69) is 53.6 Å². The molecule has 1 unspecified atom stereocenters. The molecule has 1 fully saturated rings. The van der Waals surface area contributed by atoms with E-state index in [9.17, 15) is 0 Å². The first-order chi connectivity index (χ1) is 8.09. The zero-order chi connectivity index (χ0) is 12.3. The third kappa shape index (κ3) is 3.41. The lowest BCUT2D eigenvalue weighted by molar-refractivity contribution is 0.512. The van der Waals surface area contributed by atoms with Crippen LogP contribution in [-0.2, 0) is 6.54 Å². The van der Waals surface area contributed by atoms with E-state index in [0.717, 1.165) is 19.0 Å². The second kappa shape index (κ2) is 5.34. The Morgan fingerprint density at radius 2 is 2.41 bits per heavy atom. The molecular weight excluding hydrogens is 230 g/mol. The average molecular weight is 253 g/mol. The molecule has 17 heavy (non-hydrogen) atoms. The number of hydrogen-bond donors (Lipinski definition) is 1. The predicted molar refractivity (Wildman–Crippen MR) is 75.7 cm³/mol. The van der Waals surface area contributed by atoms with Crippen molar-refractivity contribution in [3.8, 4) is 0 Å². The van der Waals surface area contributed by atoms with Gasteiger partial charge in [0.1, 0.15) is 0 Å². The normalized spacial score (nSPS) is 24.5. The molecule has 0 radical (unpaired) electrons. The SMILES string of the molecule is CC(C)CNc1nccn1CC1(C)CCCS1. The monoisotopic (exact) mass is 253 g/mol. The highest BCUT2D eigenvalue weighted by molar-refractivity contribution is 8.00. The Labute approximate surface area is 108 Å². The molecular formula is C13H23N3S. The number of aromatic nitrogens is 2. The maximum absolute atomic E-state index is 4.40. The lowest BCUT2D eigenvalue weighted by atomic mass is 10.1. The number of thioether (sulfide) groups is 1. The quantitative estimate of drug-likeness (QED) is 0.873. The van der Waals surface area contributed by atoms with Gasteiger partial charge in [-0.15, -0.1) is 0 Å². The zero-order valence-corrected chi connectivity index (χ0v) is 11.9. The molecule has 0 amide bonds. The summed E-state index contributed by atoms with van der Waals surface area (Å²) in [6.07, 6.45) is 6.66. The summed E-state index contributed by atoms with van der Waals surface area (Å²) in [5.41, 5.74) is 0. The van der Waals surface area contributed by atoms with Crippen molar-refractivity contribution in [2.45, 2.75) is 44.9 Å². The highest BCUT2D eigenvalue weighted by Gasteiger charge is 2.30. The zero-order valence-electron chi connectivity index (χ0n) is 11.1. The fourth-order valence-electron chi connectivity index (χ4n) is 2.22. The van der Waals surface area contributed by atoms with Crippen molar-refractivity contribution < 1.29 is 0 Å². The summed E-state index contributed by atoms with van der Waals surface area (Å²) in [6.45, 7) is 8.86. The Balaban J connectivity index is 1.98. The van der Waals surface area contributed by atoms with Crippen molar-refractivity contribution in [2.24, 2.45) is 5.92 Å². The van der Waals surface area contributed by atoms with Crippen LogP contribution in [0.25, 0.3) is 0 Å². The van der Waals surface area contributed by atoms with Gasteiger partial charge in [0.15, 0.2) is 0 Å². The van der Waals surface area contributed by atoms with E-state index in [-0.39, 0.29) is 0 Å². The largest absolute Gasteiger partial charge is 0.355 e. The fraction of sp³-hybridized carbons (Fsp3) is 0.769. The van der Waals surface area contributed by atoms with Crippen LogP contribution in [0.1, 0.15) is 33.6 Å². The lowest BCUT2D eigenvalue weighted by Gasteiger charge is -2.24. The van der Waals surface area contributed by atoms with Crippen LogP contribution in [0, 0.1) is 5.92 Å². The Kier molecular flexibility index (Phi) is 4.02. The molecule has 3 nitrogen and oxygen atoms in total. The van der Waals surface area contributed by atoms with Gasteiger partial charge in [-0.1, -0.05) is 13.8 Å². The molecule has 1 aliphatic rings. The minimum Gasteiger partial charge on any atom is -0.355 e. The molecule has 1 aromatic rings. The van der Waals surface area contributed by atoms with Crippen LogP contribution in [0.5, 0.6) is 0 Å². The first-order valence-electron chi connectivity index (χ1n) is 6.48. The summed E-state index contributed by atoms with van der Waals surface area (Å²) < 4.78 is 2.66. The van der Waals surface area contributed by atoms with Gasteiger partial charge in [0.25, 0.3) is 0 Å². The lowest BCUT2D eigenvalue weighted by Crippen LogP contribution is -2.25. The van der Waals surface area contributed by atoms with Gasteiger partial charge in [-0.3, -0.25) is 0 Å². The summed E-state index contributed by atoms with van der Waals surface area (Å²) in [5.74, 6) is 2.98. The van der Waals surface area contributed by atoms with Gasteiger partial charge in [-0.25, -0.2) is 4.98 Å². The summed E-state index contributed by atoms with van der Waals surface area (Å²) in [6, 6.07) is 0. The van der Waals surface area contributed by atoms with E-state index in [1.54, 1.807) is 0 Å². The van der Waals surface area contributed by atoms with E-state index in [1.807, 2.05) is 6.20 Å².